The van der Waals surface area contributed by atoms with Crippen LogP contribution in [0.15, 0.2) is 0 Å². The zero-order valence-corrected chi connectivity index (χ0v) is 14.0. The van der Waals surface area contributed by atoms with Crippen LogP contribution in [-0.2, 0) is 0 Å². The summed E-state index contributed by atoms with van der Waals surface area (Å²) in [6.45, 7) is 8.15. The lowest BCUT2D eigenvalue weighted by Crippen LogP contribution is -2.28. The third-order valence-corrected chi connectivity index (χ3v) is 6.31. The molecule has 0 bridgehead atoms. The standard InChI is InChI=1S/C15H31NS2/c1-3-16(4-2)11-12-18-14-15(13-17)9-7-5-6-8-10-15/h17H,3-14H2,1-2H3. The maximum absolute atomic E-state index is 4.65. The molecule has 0 aliphatic heterocycles. The van der Waals surface area contributed by atoms with Gasteiger partial charge in [0.05, 0.1) is 0 Å². The van der Waals surface area contributed by atoms with Gasteiger partial charge >= 0.3 is 0 Å². The number of thiol groups is 1. The molecule has 0 aromatic rings. The lowest BCUT2D eigenvalue weighted by molar-refractivity contribution is 0.321. The predicted octanol–water partition coefficient (Wildman–Crippen LogP) is 4.33. The van der Waals surface area contributed by atoms with E-state index in [0.29, 0.717) is 5.41 Å². The summed E-state index contributed by atoms with van der Waals surface area (Å²) < 4.78 is 0. The van der Waals surface area contributed by atoms with Crippen LogP contribution in [0.5, 0.6) is 0 Å². The van der Waals surface area contributed by atoms with Crippen molar-refractivity contribution in [3.63, 3.8) is 0 Å². The van der Waals surface area contributed by atoms with Gasteiger partial charge in [0.15, 0.2) is 0 Å². The van der Waals surface area contributed by atoms with Crippen molar-refractivity contribution >= 4 is 24.4 Å². The fraction of sp³-hybridized carbons (Fsp3) is 1.00. The molecule has 0 heterocycles. The van der Waals surface area contributed by atoms with Crippen LogP contribution in [-0.4, -0.2) is 41.8 Å². The fourth-order valence-electron chi connectivity index (χ4n) is 2.85. The molecule has 0 amide bonds. The Bertz CT molecular complexity index is 197. The Balaban J connectivity index is 2.25. The van der Waals surface area contributed by atoms with Gasteiger partial charge in [-0.3, -0.25) is 0 Å². The Morgan fingerprint density at radius 2 is 1.67 bits per heavy atom. The minimum absolute atomic E-state index is 0.549. The number of nitrogens with zero attached hydrogens (tertiary/aromatic N) is 1. The van der Waals surface area contributed by atoms with Crippen molar-refractivity contribution in [1.29, 1.82) is 0 Å². The molecule has 0 atom stereocenters. The van der Waals surface area contributed by atoms with E-state index in [1.54, 1.807) is 0 Å². The third kappa shape index (κ3) is 5.75. The van der Waals surface area contributed by atoms with Crippen molar-refractivity contribution < 1.29 is 0 Å². The van der Waals surface area contributed by atoms with Crippen LogP contribution in [0.2, 0.25) is 0 Å². The van der Waals surface area contributed by atoms with Crippen LogP contribution in [0.4, 0.5) is 0 Å². The maximum atomic E-state index is 4.65. The summed E-state index contributed by atoms with van der Waals surface area (Å²) in [5.41, 5.74) is 0.549. The Labute approximate surface area is 124 Å². The second-order valence-corrected chi connectivity index (χ2v) is 7.07. The zero-order valence-electron chi connectivity index (χ0n) is 12.3. The first kappa shape index (κ1) is 16.7. The van der Waals surface area contributed by atoms with Crippen LogP contribution in [0, 0.1) is 5.41 Å². The monoisotopic (exact) mass is 289 g/mol. The molecule has 3 heteroatoms. The van der Waals surface area contributed by atoms with Crippen molar-refractivity contribution in [1.82, 2.24) is 4.90 Å². The zero-order chi connectivity index (χ0) is 13.3. The second-order valence-electron chi connectivity index (χ2n) is 5.65. The average Bonchev–Trinajstić information content (AvgIpc) is 2.65. The highest BCUT2D eigenvalue weighted by Gasteiger charge is 2.29. The first-order valence-electron chi connectivity index (χ1n) is 7.67. The third-order valence-electron chi connectivity index (χ3n) is 4.35. The highest BCUT2D eigenvalue weighted by molar-refractivity contribution is 7.99. The molecular weight excluding hydrogens is 258 g/mol. The van der Waals surface area contributed by atoms with Gasteiger partial charge in [0.1, 0.15) is 0 Å². The summed E-state index contributed by atoms with van der Waals surface area (Å²) in [6, 6.07) is 0. The molecule has 1 aliphatic rings. The summed E-state index contributed by atoms with van der Waals surface area (Å²) in [5, 5.41) is 0. The van der Waals surface area contributed by atoms with Crippen molar-refractivity contribution in [2.24, 2.45) is 5.41 Å². The lowest BCUT2D eigenvalue weighted by Gasteiger charge is -2.31. The highest BCUT2D eigenvalue weighted by Crippen LogP contribution is 2.38. The van der Waals surface area contributed by atoms with Crippen molar-refractivity contribution in [2.75, 3.05) is 36.9 Å². The van der Waals surface area contributed by atoms with E-state index >= 15 is 0 Å². The summed E-state index contributed by atoms with van der Waals surface area (Å²) in [5.74, 6) is 3.71. The molecule has 0 saturated heterocycles. The van der Waals surface area contributed by atoms with Gasteiger partial charge in [-0.2, -0.15) is 24.4 Å². The molecule has 1 aliphatic carbocycles. The van der Waals surface area contributed by atoms with E-state index in [0.717, 1.165) is 5.75 Å². The van der Waals surface area contributed by atoms with Crippen LogP contribution in [0.3, 0.4) is 0 Å². The normalized spacial score (nSPS) is 20.0. The number of thioether (sulfide) groups is 1. The second kappa shape index (κ2) is 9.55. The number of hydrogen-bond acceptors (Lipinski definition) is 3. The molecule has 1 rings (SSSR count). The smallest absolute Gasteiger partial charge is 0.00721 e. The highest BCUT2D eigenvalue weighted by atomic mass is 32.2. The summed E-state index contributed by atoms with van der Waals surface area (Å²) in [4.78, 5) is 2.52. The lowest BCUT2D eigenvalue weighted by atomic mass is 9.84. The summed E-state index contributed by atoms with van der Waals surface area (Å²) >= 11 is 6.81. The van der Waals surface area contributed by atoms with E-state index in [-0.39, 0.29) is 0 Å². The quantitative estimate of drug-likeness (QED) is 0.402. The Kier molecular flexibility index (Phi) is 8.86. The predicted molar refractivity (Wildman–Crippen MR) is 89.1 cm³/mol. The van der Waals surface area contributed by atoms with E-state index < -0.39 is 0 Å². The molecule has 0 N–H and O–H groups in total. The van der Waals surface area contributed by atoms with Gasteiger partial charge in [0, 0.05) is 12.3 Å². The minimum Gasteiger partial charge on any atom is -0.303 e. The molecule has 1 nitrogen and oxygen atoms in total. The van der Waals surface area contributed by atoms with Gasteiger partial charge in [0.25, 0.3) is 0 Å². The number of rotatable bonds is 8. The topological polar surface area (TPSA) is 3.24 Å². The number of hydrogen-bond donors (Lipinski definition) is 1. The molecule has 0 radical (unpaired) electrons. The molecule has 18 heavy (non-hydrogen) atoms. The van der Waals surface area contributed by atoms with Crippen molar-refractivity contribution in [3.05, 3.63) is 0 Å². The first-order chi connectivity index (χ1) is 8.76. The molecular formula is C15H31NS2. The van der Waals surface area contributed by atoms with E-state index in [4.69, 9.17) is 0 Å². The van der Waals surface area contributed by atoms with E-state index in [2.05, 4.69) is 43.1 Å². The van der Waals surface area contributed by atoms with Gasteiger partial charge in [-0.25, -0.2) is 0 Å². The van der Waals surface area contributed by atoms with E-state index in [9.17, 15) is 0 Å². The molecule has 108 valence electrons. The summed E-state index contributed by atoms with van der Waals surface area (Å²) in [6.07, 6.45) is 8.57. The van der Waals surface area contributed by atoms with Gasteiger partial charge in [-0.05, 0) is 42.9 Å². The Hall–Kier alpha value is 0.660. The Morgan fingerprint density at radius 3 is 2.17 bits per heavy atom. The van der Waals surface area contributed by atoms with E-state index in [1.807, 2.05) is 0 Å². The van der Waals surface area contributed by atoms with Crippen LogP contribution < -0.4 is 0 Å². The van der Waals surface area contributed by atoms with Crippen LogP contribution in [0.25, 0.3) is 0 Å². The molecule has 1 fully saturated rings. The average molecular weight is 290 g/mol. The maximum Gasteiger partial charge on any atom is 0.00721 e. The molecule has 0 aromatic carbocycles. The van der Waals surface area contributed by atoms with Crippen molar-refractivity contribution in [2.45, 2.75) is 52.4 Å². The van der Waals surface area contributed by atoms with Crippen LogP contribution in [0.1, 0.15) is 52.4 Å². The van der Waals surface area contributed by atoms with Gasteiger partial charge in [-0.1, -0.05) is 39.5 Å². The molecule has 0 spiro atoms. The van der Waals surface area contributed by atoms with Crippen molar-refractivity contribution in [3.8, 4) is 0 Å². The van der Waals surface area contributed by atoms with Gasteiger partial charge < -0.3 is 4.90 Å². The fourth-order valence-corrected chi connectivity index (χ4v) is 4.78. The largest absolute Gasteiger partial charge is 0.303 e. The van der Waals surface area contributed by atoms with Gasteiger partial charge in [0.2, 0.25) is 0 Å². The molecule has 0 aromatic heterocycles. The van der Waals surface area contributed by atoms with E-state index in [1.165, 1.54) is 69.7 Å². The molecule has 0 unspecified atom stereocenters. The first-order valence-corrected chi connectivity index (χ1v) is 9.46. The minimum atomic E-state index is 0.549. The Morgan fingerprint density at radius 1 is 1.06 bits per heavy atom. The van der Waals surface area contributed by atoms with Gasteiger partial charge in [-0.15, -0.1) is 0 Å². The van der Waals surface area contributed by atoms with Crippen LogP contribution >= 0.6 is 24.4 Å². The molecule has 1 saturated carbocycles. The summed E-state index contributed by atoms with van der Waals surface area (Å²) in [7, 11) is 0. The SMILES string of the molecule is CCN(CC)CCSCC1(CS)CCCCCC1.